The Morgan fingerprint density at radius 2 is 2.03 bits per heavy atom. The van der Waals surface area contributed by atoms with Crippen LogP contribution in [0.4, 0.5) is 15.6 Å². The molecular formula is C21H20N4O4S. The first-order valence-corrected chi connectivity index (χ1v) is 10.5. The molecule has 30 heavy (non-hydrogen) atoms. The number of benzene rings is 2. The van der Waals surface area contributed by atoms with Gasteiger partial charge in [0.2, 0.25) is 5.91 Å². The van der Waals surface area contributed by atoms with Crippen LogP contribution >= 0.6 is 11.3 Å². The average Bonchev–Trinajstić information content (AvgIpc) is 3.31. The summed E-state index contributed by atoms with van der Waals surface area (Å²) < 4.78 is 12.1. The molecule has 1 atom stereocenters. The smallest absolute Gasteiger partial charge is 0.321 e. The fourth-order valence-corrected chi connectivity index (χ4v) is 4.65. The number of aryl methyl sites for hydroxylation is 1. The summed E-state index contributed by atoms with van der Waals surface area (Å²) in [6, 6.07) is 10.7. The summed E-state index contributed by atoms with van der Waals surface area (Å²) in [5.41, 5.74) is 2.68. The van der Waals surface area contributed by atoms with Crippen molar-refractivity contribution in [3.05, 3.63) is 42.0 Å². The minimum atomic E-state index is -0.367. The molecule has 1 fully saturated rings. The van der Waals surface area contributed by atoms with E-state index >= 15 is 0 Å². The Morgan fingerprint density at radius 1 is 1.20 bits per heavy atom. The number of anilines is 2. The predicted octanol–water partition coefficient (Wildman–Crippen LogP) is 3.30. The molecule has 8 nitrogen and oxygen atoms in total. The largest absolute Gasteiger partial charge is 0.486 e. The second-order valence-electron chi connectivity index (χ2n) is 7.27. The fourth-order valence-electron chi connectivity index (χ4n) is 3.71. The topological polar surface area (TPSA) is 92.8 Å². The first-order chi connectivity index (χ1) is 14.6. The van der Waals surface area contributed by atoms with Crippen LogP contribution in [0.5, 0.6) is 11.5 Å². The zero-order chi connectivity index (χ0) is 20.7. The average molecular weight is 424 g/mol. The monoisotopic (exact) mass is 424 g/mol. The Labute approximate surface area is 176 Å². The van der Waals surface area contributed by atoms with Crippen molar-refractivity contribution in [3.63, 3.8) is 0 Å². The van der Waals surface area contributed by atoms with E-state index in [1.807, 2.05) is 31.2 Å². The summed E-state index contributed by atoms with van der Waals surface area (Å²) in [4.78, 5) is 31.1. The number of hydrogen-bond acceptors (Lipinski definition) is 6. The summed E-state index contributed by atoms with van der Waals surface area (Å²) in [6.45, 7) is 3.39. The predicted molar refractivity (Wildman–Crippen MR) is 115 cm³/mol. The zero-order valence-corrected chi connectivity index (χ0v) is 17.1. The molecule has 154 valence electrons. The van der Waals surface area contributed by atoms with Crippen molar-refractivity contribution in [2.75, 3.05) is 30.0 Å². The zero-order valence-electron chi connectivity index (χ0n) is 16.3. The van der Waals surface area contributed by atoms with E-state index in [1.165, 1.54) is 11.3 Å². The molecule has 2 aromatic carbocycles. The first-order valence-electron chi connectivity index (χ1n) is 9.70. The van der Waals surface area contributed by atoms with Gasteiger partial charge in [0, 0.05) is 24.7 Å². The fraction of sp³-hybridized carbons (Fsp3) is 0.286. The number of thiazole rings is 1. The van der Waals surface area contributed by atoms with Gasteiger partial charge in [-0.05, 0) is 30.7 Å². The van der Waals surface area contributed by atoms with Gasteiger partial charge in [0.1, 0.15) is 13.2 Å². The summed E-state index contributed by atoms with van der Waals surface area (Å²) >= 11 is 1.42. The number of aromatic nitrogens is 1. The molecule has 0 bridgehead atoms. The van der Waals surface area contributed by atoms with Crippen LogP contribution in [0.1, 0.15) is 12.0 Å². The quantitative estimate of drug-likeness (QED) is 0.673. The highest BCUT2D eigenvalue weighted by molar-refractivity contribution is 7.22. The highest BCUT2D eigenvalue weighted by Crippen LogP contribution is 2.35. The lowest BCUT2D eigenvalue weighted by atomic mass is 10.2. The molecule has 2 N–H and O–H groups in total. The Morgan fingerprint density at radius 3 is 2.87 bits per heavy atom. The van der Waals surface area contributed by atoms with Crippen molar-refractivity contribution in [2.24, 2.45) is 0 Å². The molecule has 5 rings (SSSR count). The number of ether oxygens (including phenoxy) is 2. The molecule has 1 saturated heterocycles. The van der Waals surface area contributed by atoms with E-state index in [0.29, 0.717) is 36.4 Å². The third kappa shape index (κ3) is 3.52. The number of hydrogen-bond donors (Lipinski definition) is 2. The molecule has 3 heterocycles. The second-order valence-corrected chi connectivity index (χ2v) is 8.30. The van der Waals surface area contributed by atoms with E-state index in [-0.39, 0.29) is 24.4 Å². The van der Waals surface area contributed by atoms with Crippen LogP contribution in [0, 0.1) is 6.92 Å². The Kier molecular flexibility index (Phi) is 4.66. The summed E-state index contributed by atoms with van der Waals surface area (Å²) in [5, 5.41) is 6.20. The third-order valence-corrected chi connectivity index (χ3v) is 6.07. The van der Waals surface area contributed by atoms with E-state index in [4.69, 9.17) is 9.47 Å². The summed E-state index contributed by atoms with van der Waals surface area (Å²) in [6.07, 6.45) is 0.237. The van der Waals surface area contributed by atoms with Crippen LogP contribution < -0.4 is 25.0 Å². The molecule has 2 aliphatic rings. The van der Waals surface area contributed by atoms with Gasteiger partial charge < -0.3 is 19.7 Å². The number of urea groups is 1. The van der Waals surface area contributed by atoms with E-state index in [0.717, 1.165) is 21.5 Å². The number of rotatable bonds is 3. The molecule has 0 spiro atoms. The number of fused-ring (bicyclic) bond motifs is 2. The maximum Gasteiger partial charge on any atom is 0.321 e. The Hall–Kier alpha value is -3.33. The molecule has 1 aromatic heterocycles. The lowest BCUT2D eigenvalue weighted by molar-refractivity contribution is -0.117. The third-order valence-electron chi connectivity index (χ3n) is 5.14. The van der Waals surface area contributed by atoms with Gasteiger partial charge in [-0.15, -0.1) is 0 Å². The Balaban J connectivity index is 1.24. The lowest BCUT2D eigenvalue weighted by Gasteiger charge is -2.22. The molecule has 0 saturated carbocycles. The number of carbonyl (C=O) groups excluding carboxylic acids is 2. The SMILES string of the molecule is Cc1cccc2sc(NC(=O)N[C@H]3CC(=O)N(c4ccc5c(c4)OCCO5)C3)nc12. The molecule has 9 heteroatoms. The standard InChI is InChI=1S/C21H20N4O4S/c1-12-3-2-4-17-19(12)23-21(30-17)24-20(27)22-13-9-18(26)25(11-13)14-5-6-15-16(10-14)29-8-7-28-15/h2-6,10,13H,7-9,11H2,1H3,(H2,22,23,24,27)/t13-/m0/s1. The number of nitrogens with zero attached hydrogens (tertiary/aromatic N) is 2. The molecule has 0 aliphatic carbocycles. The van der Waals surface area contributed by atoms with Crippen molar-refractivity contribution < 1.29 is 19.1 Å². The van der Waals surface area contributed by atoms with Gasteiger partial charge >= 0.3 is 6.03 Å². The highest BCUT2D eigenvalue weighted by atomic mass is 32.1. The summed E-state index contributed by atoms with van der Waals surface area (Å²) in [7, 11) is 0. The van der Waals surface area contributed by atoms with Gasteiger partial charge in [0.15, 0.2) is 16.6 Å². The van der Waals surface area contributed by atoms with Crippen LogP contribution in [0.2, 0.25) is 0 Å². The lowest BCUT2D eigenvalue weighted by Crippen LogP contribution is -2.39. The minimum Gasteiger partial charge on any atom is -0.486 e. The van der Waals surface area contributed by atoms with Crippen molar-refractivity contribution in [1.82, 2.24) is 10.3 Å². The maximum atomic E-state index is 12.5. The van der Waals surface area contributed by atoms with E-state index < -0.39 is 0 Å². The number of para-hydroxylation sites is 1. The van der Waals surface area contributed by atoms with Crippen LogP contribution in [0.25, 0.3) is 10.2 Å². The van der Waals surface area contributed by atoms with Crippen LogP contribution in [-0.4, -0.2) is 42.7 Å². The number of amides is 3. The van der Waals surface area contributed by atoms with Crippen molar-refractivity contribution >= 4 is 44.3 Å². The number of nitrogens with one attached hydrogen (secondary N) is 2. The van der Waals surface area contributed by atoms with Gasteiger partial charge in [-0.1, -0.05) is 23.5 Å². The molecule has 3 amide bonds. The molecule has 2 aliphatic heterocycles. The van der Waals surface area contributed by atoms with Gasteiger partial charge in [-0.25, -0.2) is 9.78 Å². The maximum absolute atomic E-state index is 12.5. The van der Waals surface area contributed by atoms with E-state index in [1.54, 1.807) is 17.0 Å². The summed E-state index contributed by atoms with van der Waals surface area (Å²) in [5.74, 6) is 1.26. The minimum absolute atomic E-state index is 0.0485. The van der Waals surface area contributed by atoms with E-state index in [9.17, 15) is 9.59 Å². The van der Waals surface area contributed by atoms with Gasteiger partial charge in [-0.3, -0.25) is 10.1 Å². The van der Waals surface area contributed by atoms with Gasteiger partial charge in [0.05, 0.1) is 16.3 Å². The van der Waals surface area contributed by atoms with Crippen LogP contribution in [0.3, 0.4) is 0 Å². The van der Waals surface area contributed by atoms with E-state index in [2.05, 4.69) is 15.6 Å². The number of carbonyl (C=O) groups is 2. The van der Waals surface area contributed by atoms with Crippen molar-refractivity contribution in [3.8, 4) is 11.5 Å². The molecular weight excluding hydrogens is 404 g/mol. The van der Waals surface area contributed by atoms with Crippen molar-refractivity contribution in [1.29, 1.82) is 0 Å². The molecule has 3 aromatic rings. The Bertz CT molecular complexity index is 1150. The van der Waals surface area contributed by atoms with Gasteiger partial charge in [0.25, 0.3) is 0 Å². The first kappa shape index (κ1) is 18.7. The van der Waals surface area contributed by atoms with Crippen LogP contribution in [-0.2, 0) is 4.79 Å². The van der Waals surface area contributed by atoms with Gasteiger partial charge in [-0.2, -0.15) is 0 Å². The normalized spacial score (nSPS) is 18.0. The molecule has 0 radical (unpaired) electrons. The molecule has 0 unspecified atom stereocenters. The highest BCUT2D eigenvalue weighted by Gasteiger charge is 2.32. The van der Waals surface area contributed by atoms with Crippen molar-refractivity contribution in [2.45, 2.75) is 19.4 Å². The second kappa shape index (κ2) is 7.49. The van der Waals surface area contributed by atoms with Crippen LogP contribution in [0.15, 0.2) is 36.4 Å².